The summed E-state index contributed by atoms with van der Waals surface area (Å²) in [5.74, 6) is 0. The average molecular weight is 189 g/mol. The maximum atomic E-state index is 9.04. The number of piperidine rings is 1. The van der Waals surface area contributed by atoms with E-state index >= 15 is 0 Å². The highest BCUT2D eigenvalue weighted by Gasteiger charge is 2.35. The first-order valence-electron chi connectivity index (χ1n) is 4.66. The molecule has 78 valence electrons. The summed E-state index contributed by atoms with van der Waals surface area (Å²) in [6.45, 7) is 3.09. The van der Waals surface area contributed by atoms with Crippen LogP contribution >= 0.6 is 0 Å². The Kier molecular flexibility index (Phi) is 3.63. The second kappa shape index (κ2) is 4.34. The van der Waals surface area contributed by atoms with Crippen LogP contribution in [0.5, 0.6) is 0 Å². The number of nitrogens with zero attached hydrogens (tertiary/aromatic N) is 1. The smallest absolute Gasteiger partial charge is 0.169 e. The Labute approximate surface area is 78.3 Å². The molecule has 0 aromatic rings. The lowest BCUT2D eigenvalue weighted by molar-refractivity contribution is -0.112. The summed E-state index contributed by atoms with van der Waals surface area (Å²) < 4.78 is 0. The molecule has 1 rings (SSSR count). The highest BCUT2D eigenvalue weighted by Crippen LogP contribution is 2.21. The van der Waals surface area contributed by atoms with E-state index in [1.54, 1.807) is 0 Å². The number of likely N-dealkylation sites (tertiary alicyclic amines) is 1. The molecule has 0 saturated carbocycles. The molecule has 0 aliphatic carbocycles. The Bertz CT molecular complexity index is 155. The fourth-order valence-electron chi connectivity index (χ4n) is 1.63. The SMILES string of the molecule is NCCN1CCC(N)(C(O)O)CC1. The van der Waals surface area contributed by atoms with Crippen molar-refractivity contribution in [1.82, 2.24) is 4.90 Å². The molecule has 6 N–H and O–H groups in total. The van der Waals surface area contributed by atoms with Gasteiger partial charge in [-0.3, -0.25) is 0 Å². The molecule has 1 heterocycles. The van der Waals surface area contributed by atoms with E-state index in [4.69, 9.17) is 21.7 Å². The third-order valence-corrected chi connectivity index (χ3v) is 2.75. The van der Waals surface area contributed by atoms with E-state index in [0.29, 0.717) is 19.4 Å². The van der Waals surface area contributed by atoms with Crippen LogP contribution in [-0.2, 0) is 0 Å². The van der Waals surface area contributed by atoms with Crippen molar-refractivity contribution in [1.29, 1.82) is 0 Å². The Morgan fingerprint density at radius 3 is 2.23 bits per heavy atom. The molecule has 0 aromatic carbocycles. The summed E-state index contributed by atoms with van der Waals surface area (Å²) in [6, 6.07) is 0. The summed E-state index contributed by atoms with van der Waals surface area (Å²) in [7, 11) is 0. The van der Waals surface area contributed by atoms with Gasteiger partial charge in [-0.05, 0) is 12.8 Å². The van der Waals surface area contributed by atoms with E-state index in [0.717, 1.165) is 19.6 Å². The fraction of sp³-hybridized carbons (Fsp3) is 1.00. The predicted octanol–water partition coefficient (Wildman–Crippen LogP) is -1.95. The van der Waals surface area contributed by atoms with Gasteiger partial charge in [0.25, 0.3) is 0 Å². The van der Waals surface area contributed by atoms with Gasteiger partial charge < -0.3 is 26.6 Å². The second-order valence-electron chi connectivity index (χ2n) is 3.74. The highest BCUT2D eigenvalue weighted by atomic mass is 16.5. The van der Waals surface area contributed by atoms with Gasteiger partial charge in [-0.25, -0.2) is 0 Å². The van der Waals surface area contributed by atoms with Gasteiger partial charge >= 0.3 is 0 Å². The summed E-state index contributed by atoms with van der Waals surface area (Å²) in [6.07, 6.45) is -0.178. The van der Waals surface area contributed by atoms with Crippen LogP contribution in [-0.4, -0.2) is 53.1 Å². The molecule has 0 amide bonds. The van der Waals surface area contributed by atoms with Crippen LogP contribution in [0.1, 0.15) is 12.8 Å². The number of aliphatic hydroxyl groups is 2. The Morgan fingerprint density at radius 1 is 1.31 bits per heavy atom. The van der Waals surface area contributed by atoms with E-state index in [1.165, 1.54) is 0 Å². The minimum Gasteiger partial charge on any atom is -0.367 e. The minimum atomic E-state index is -1.41. The predicted molar refractivity (Wildman–Crippen MR) is 49.9 cm³/mol. The summed E-state index contributed by atoms with van der Waals surface area (Å²) >= 11 is 0. The fourth-order valence-corrected chi connectivity index (χ4v) is 1.63. The first kappa shape index (κ1) is 10.9. The molecule has 1 saturated heterocycles. The van der Waals surface area contributed by atoms with Crippen molar-refractivity contribution in [2.45, 2.75) is 24.7 Å². The Hall–Kier alpha value is -0.200. The van der Waals surface area contributed by atoms with Crippen molar-refractivity contribution >= 4 is 0 Å². The molecular formula is C8H19N3O2. The van der Waals surface area contributed by atoms with Crippen molar-refractivity contribution in [3.63, 3.8) is 0 Å². The molecule has 0 unspecified atom stereocenters. The van der Waals surface area contributed by atoms with Gasteiger partial charge in [0.2, 0.25) is 0 Å². The van der Waals surface area contributed by atoms with Crippen LogP contribution in [0.3, 0.4) is 0 Å². The molecule has 1 aliphatic rings. The molecule has 0 bridgehead atoms. The van der Waals surface area contributed by atoms with Crippen molar-refractivity contribution in [3.8, 4) is 0 Å². The average Bonchev–Trinajstić information content (AvgIpc) is 2.09. The second-order valence-corrected chi connectivity index (χ2v) is 3.74. The van der Waals surface area contributed by atoms with E-state index in [1.807, 2.05) is 0 Å². The van der Waals surface area contributed by atoms with Gasteiger partial charge in [-0.2, -0.15) is 0 Å². The lowest BCUT2D eigenvalue weighted by Crippen LogP contribution is -2.58. The molecule has 0 atom stereocenters. The van der Waals surface area contributed by atoms with Gasteiger partial charge in [-0.15, -0.1) is 0 Å². The minimum absolute atomic E-state index is 0.616. The van der Waals surface area contributed by atoms with Gasteiger partial charge in [0.15, 0.2) is 6.29 Å². The molecule has 5 nitrogen and oxygen atoms in total. The normalized spacial score (nSPS) is 23.8. The van der Waals surface area contributed by atoms with E-state index in [9.17, 15) is 0 Å². The number of hydrogen-bond donors (Lipinski definition) is 4. The van der Waals surface area contributed by atoms with E-state index in [2.05, 4.69) is 4.90 Å². The van der Waals surface area contributed by atoms with Crippen LogP contribution in [0.15, 0.2) is 0 Å². The number of nitrogens with two attached hydrogens (primary N) is 2. The number of aliphatic hydroxyl groups excluding tert-OH is 1. The van der Waals surface area contributed by atoms with E-state index in [-0.39, 0.29) is 0 Å². The Balaban J connectivity index is 2.37. The molecular weight excluding hydrogens is 170 g/mol. The zero-order chi connectivity index (χ0) is 9.90. The first-order chi connectivity index (χ1) is 6.08. The molecule has 5 heteroatoms. The van der Waals surface area contributed by atoms with Crippen molar-refractivity contribution < 1.29 is 10.2 Å². The number of rotatable bonds is 3. The van der Waals surface area contributed by atoms with E-state index < -0.39 is 11.8 Å². The zero-order valence-electron chi connectivity index (χ0n) is 7.82. The van der Waals surface area contributed by atoms with Crippen LogP contribution in [0.2, 0.25) is 0 Å². The lowest BCUT2D eigenvalue weighted by atomic mass is 9.88. The topological polar surface area (TPSA) is 95.7 Å². The van der Waals surface area contributed by atoms with Gasteiger partial charge in [-0.1, -0.05) is 0 Å². The molecule has 13 heavy (non-hydrogen) atoms. The highest BCUT2D eigenvalue weighted by molar-refractivity contribution is 4.91. The van der Waals surface area contributed by atoms with Gasteiger partial charge in [0, 0.05) is 26.2 Å². The molecule has 1 fully saturated rings. The lowest BCUT2D eigenvalue weighted by Gasteiger charge is -2.39. The molecule has 0 aromatic heterocycles. The van der Waals surface area contributed by atoms with Crippen LogP contribution in [0, 0.1) is 0 Å². The zero-order valence-corrected chi connectivity index (χ0v) is 7.82. The maximum absolute atomic E-state index is 9.04. The summed E-state index contributed by atoms with van der Waals surface area (Å²) in [4.78, 5) is 2.19. The largest absolute Gasteiger partial charge is 0.367 e. The van der Waals surface area contributed by atoms with Crippen molar-refractivity contribution in [3.05, 3.63) is 0 Å². The van der Waals surface area contributed by atoms with Crippen LogP contribution in [0.4, 0.5) is 0 Å². The third-order valence-electron chi connectivity index (χ3n) is 2.75. The van der Waals surface area contributed by atoms with Gasteiger partial charge in [0.1, 0.15) is 0 Å². The standard InChI is InChI=1S/C8H19N3O2/c9-3-6-11-4-1-8(10,2-5-11)7(12)13/h7,12-13H,1-6,9-10H2. The first-order valence-corrected chi connectivity index (χ1v) is 4.66. The molecule has 0 spiro atoms. The monoisotopic (exact) mass is 189 g/mol. The van der Waals surface area contributed by atoms with Crippen molar-refractivity contribution in [2.75, 3.05) is 26.2 Å². The van der Waals surface area contributed by atoms with Gasteiger partial charge in [0.05, 0.1) is 5.54 Å². The third kappa shape index (κ3) is 2.62. The maximum Gasteiger partial charge on any atom is 0.169 e. The Morgan fingerprint density at radius 2 is 1.85 bits per heavy atom. The molecule has 0 radical (unpaired) electrons. The van der Waals surface area contributed by atoms with Crippen LogP contribution < -0.4 is 11.5 Å². The molecule has 1 aliphatic heterocycles. The number of hydrogen-bond acceptors (Lipinski definition) is 5. The quantitative estimate of drug-likeness (QED) is 0.387. The summed E-state index contributed by atoms with van der Waals surface area (Å²) in [5, 5.41) is 18.1. The van der Waals surface area contributed by atoms with Crippen molar-refractivity contribution in [2.24, 2.45) is 11.5 Å². The van der Waals surface area contributed by atoms with Crippen LogP contribution in [0.25, 0.3) is 0 Å². The summed E-state index contributed by atoms with van der Waals surface area (Å²) in [5.41, 5.74) is 10.4.